The quantitative estimate of drug-likeness (QED) is 0.322. The van der Waals surface area contributed by atoms with Crippen LogP contribution in [0.2, 0.25) is 0 Å². The van der Waals surface area contributed by atoms with Gasteiger partial charge >= 0.3 is 0 Å². The molecule has 230 valence electrons. The summed E-state index contributed by atoms with van der Waals surface area (Å²) in [4.78, 5) is 41.8. The number of fused-ring (bicyclic) bond motifs is 3. The van der Waals surface area contributed by atoms with E-state index in [2.05, 4.69) is 52.5 Å². The minimum atomic E-state index is -0.468. The van der Waals surface area contributed by atoms with Crippen LogP contribution in [0.4, 0.5) is 0 Å². The summed E-state index contributed by atoms with van der Waals surface area (Å²) in [5.41, 5.74) is 0.959. The van der Waals surface area contributed by atoms with Crippen molar-refractivity contribution in [2.24, 2.45) is 44.8 Å². The van der Waals surface area contributed by atoms with Gasteiger partial charge in [0.25, 0.3) is 0 Å². The Hall–Kier alpha value is -2.22. The highest BCUT2D eigenvalue weighted by Gasteiger charge is 2.61. The summed E-state index contributed by atoms with van der Waals surface area (Å²) >= 11 is 0. The van der Waals surface area contributed by atoms with Crippen LogP contribution in [0.5, 0.6) is 0 Å². The third kappa shape index (κ3) is 5.03. The van der Waals surface area contributed by atoms with Gasteiger partial charge < -0.3 is 4.90 Å². The van der Waals surface area contributed by atoms with Crippen molar-refractivity contribution in [3.8, 4) is 6.07 Å². The number of amides is 1. The molecule has 5 rings (SSSR count). The summed E-state index contributed by atoms with van der Waals surface area (Å²) in [5, 5.41) is 9.82. The molecule has 0 aromatic carbocycles. The molecular weight excluding hydrogens is 520 g/mol. The number of hydrogen-bond acceptors (Lipinski definition) is 4. The SMILES string of the molecule is CC1CC(C)(C)CC[C@]1(CCC(=O)N1CCCC1)CC[C@]1(C)CC(=O)C=C2[C@@]3(C)C=C(C#N)C(=O)[C@@H](C)[C@@H]3CC[C@]21C. The second-order valence-electron chi connectivity index (χ2n) is 16.6. The van der Waals surface area contributed by atoms with Crippen molar-refractivity contribution in [3.05, 3.63) is 23.3 Å². The zero-order chi connectivity index (χ0) is 30.7. The average molecular weight is 575 g/mol. The van der Waals surface area contributed by atoms with Gasteiger partial charge in [-0.15, -0.1) is 0 Å². The molecule has 1 heterocycles. The van der Waals surface area contributed by atoms with E-state index in [-0.39, 0.29) is 45.2 Å². The summed E-state index contributed by atoms with van der Waals surface area (Å²) in [6, 6.07) is 2.18. The number of rotatable bonds is 6. The normalized spacial score (nSPS) is 41.4. The number of Topliss-reactive ketones (excluding diaryl/α,β-unsaturated/α-hetero) is 1. The smallest absolute Gasteiger partial charge is 0.222 e. The zero-order valence-electron chi connectivity index (χ0n) is 27.4. The lowest BCUT2D eigenvalue weighted by Crippen LogP contribution is -2.55. The third-order valence-electron chi connectivity index (χ3n) is 13.6. The van der Waals surface area contributed by atoms with E-state index in [1.54, 1.807) is 0 Å². The maximum atomic E-state index is 13.6. The Morgan fingerprint density at radius 2 is 1.69 bits per heavy atom. The van der Waals surface area contributed by atoms with Gasteiger partial charge in [0, 0.05) is 37.3 Å². The van der Waals surface area contributed by atoms with Crippen LogP contribution < -0.4 is 0 Å². The maximum Gasteiger partial charge on any atom is 0.222 e. The molecule has 4 aliphatic carbocycles. The highest BCUT2D eigenvalue weighted by Crippen LogP contribution is 2.68. The number of carbonyl (C=O) groups excluding carboxylic acids is 3. The summed E-state index contributed by atoms with van der Waals surface area (Å²) in [6.07, 6.45) is 15.6. The van der Waals surface area contributed by atoms with Crippen molar-refractivity contribution in [1.29, 1.82) is 5.26 Å². The monoisotopic (exact) mass is 574 g/mol. The Balaban J connectivity index is 1.44. The van der Waals surface area contributed by atoms with Crippen molar-refractivity contribution in [2.45, 2.75) is 126 Å². The van der Waals surface area contributed by atoms with E-state index in [0.29, 0.717) is 30.1 Å². The first kappa shape index (κ1) is 31.2. The Bertz CT molecular complexity index is 1250. The first-order valence-corrected chi connectivity index (χ1v) is 16.8. The van der Waals surface area contributed by atoms with E-state index in [1.807, 2.05) is 19.1 Å². The van der Waals surface area contributed by atoms with Crippen molar-refractivity contribution in [3.63, 3.8) is 0 Å². The van der Waals surface area contributed by atoms with E-state index in [1.165, 1.54) is 12.8 Å². The van der Waals surface area contributed by atoms with Gasteiger partial charge in [-0.3, -0.25) is 14.4 Å². The lowest BCUT2D eigenvalue weighted by atomic mass is 9.41. The molecule has 5 aliphatic rings. The van der Waals surface area contributed by atoms with Crippen LogP contribution in [0.25, 0.3) is 0 Å². The summed E-state index contributed by atoms with van der Waals surface area (Å²) in [6.45, 7) is 17.9. The second kappa shape index (κ2) is 10.7. The molecule has 0 spiro atoms. The minimum Gasteiger partial charge on any atom is -0.343 e. The van der Waals surface area contributed by atoms with Crippen molar-refractivity contribution in [1.82, 2.24) is 4.90 Å². The molecule has 1 unspecified atom stereocenters. The molecule has 42 heavy (non-hydrogen) atoms. The lowest BCUT2D eigenvalue weighted by Gasteiger charge is -2.62. The van der Waals surface area contributed by atoms with Crippen molar-refractivity contribution < 1.29 is 14.4 Å². The molecule has 0 bridgehead atoms. The Labute approximate surface area is 254 Å². The Kier molecular flexibility index (Phi) is 7.98. The molecule has 1 amide bonds. The van der Waals surface area contributed by atoms with E-state index < -0.39 is 5.41 Å². The van der Waals surface area contributed by atoms with Gasteiger partial charge in [-0.2, -0.15) is 5.26 Å². The fourth-order valence-electron chi connectivity index (χ4n) is 10.5. The maximum absolute atomic E-state index is 13.6. The number of nitriles is 1. The van der Waals surface area contributed by atoms with Gasteiger partial charge in [-0.25, -0.2) is 0 Å². The Morgan fingerprint density at radius 3 is 2.33 bits per heavy atom. The highest BCUT2D eigenvalue weighted by molar-refractivity contribution is 6.02. The predicted molar refractivity (Wildman–Crippen MR) is 166 cm³/mol. The predicted octanol–water partition coefficient (Wildman–Crippen LogP) is 8.00. The molecule has 5 heteroatoms. The van der Waals surface area contributed by atoms with Gasteiger partial charge in [0.15, 0.2) is 11.6 Å². The highest BCUT2D eigenvalue weighted by atomic mass is 16.2. The first-order chi connectivity index (χ1) is 19.6. The van der Waals surface area contributed by atoms with Crippen LogP contribution in [0.3, 0.4) is 0 Å². The van der Waals surface area contributed by atoms with Crippen LogP contribution in [0.1, 0.15) is 126 Å². The van der Waals surface area contributed by atoms with Gasteiger partial charge in [-0.05, 0) is 104 Å². The molecule has 7 atom stereocenters. The van der Waals surface area contributed by atoms with Crippen LogP contribution >= 0.6 is 0 Å². The molecular formula is C37H54N2O3. The number of allylic oxidation sites excluding steroid dienone is 4. The van der Waals surface area contributed by atoms with Crippen LogP contribution in [0.15, 0.2) is 23.3 Å². The molecule has 1 saturated heterocycles. The van der Waals surface area contributed by atoms with Gasteiger partial charge in [0.2, 0.25) is 5.91 Å². The number of nitrogens with zero attached hydrogens (tertiary/aromatic N) is 2. The number of ketones is 2. The fourth-order valence-corrected chi connectivity index (χ4v) is 10.5. The van der Waals surface area contributed by atoms with E-state index >= 15 is 0 Å². The largest absolute Gasteiger partial charge is 0.343 e. The van der Waals surface area contributed by atoms with Crippen LogP contribution in [0, 0.1) is 56.2 Å². The summed E-state index contributed by atoms with van der Waals surface area (Å²) in [5.74, 6) is 0.879. The second-order valence-corrected chi connectivity index (χ2v) is 16.6. The minimum absolute atomic E-state index is 0.0475. The standard InChI is InChI=1S/C37H54N2O3/c1-25-21-33(3,4)14-16-37(25,13-11-31(41)39-18-8-9-19-39)17-15-34(5)23-28(40)20-30-35(6)22-27(24-38)32(42)26(2)29(35)10-12-36(30,34)7/h20,22,25-26,29H,8-19,21,23H2,1-7H3/t25?,26-,29-,34+,35-,36+,37+/m0/s1. The van der Waals surface area contributed by atoms with E-state index in [9.17, 15) is 19.6 Å². The van der Waals surface area contributed by atoms with Gasteiger partial charge in [0.1, 0.15) is 6.07 Å². The van der Waals surface area contributed by atoms with Gasteiger partial charge in [-0.1, -0.05) is 60.1 Å². The third-order valence-corrected chi connectivity index (χ3v) is 13.6. The summed E-state index contributed by atoms with van der Waals surface area (Å²) < 4.78 is 0. The molecule has 0 radical (unpaired) electrons. The molecule has 0 N–H and O–H groups in total. The number of likely N-dealkylation sites (tertiary alicyclic amines) is 1. The molecule has 0 aromatic heterocycles. The van der Waals surface area contributed by atoms with Crippen LogP contribution in [-0.4, -0.2) is 35.5 Å². The number of hydrogen-bond donors (Lipinski definition) is 0. The topological polar surface area (TPSA) is 78.2 Å². The average Bonchev–Trinajstić information content (AvgIpc) is 3.46. The van der Waals surface area contributed by atoms with Crippen molar-refractivity contribution in [2.75, 3.05) is 13.1 Å². The Morgan fingerprint density at radius 1 is 1.00 bits per heavy atom. The zero-order valence-corrected chi connectivity index (χ0v) is 27.4. The molecule has 2 saturated carbocycles. The van der Waals surface area contributed by atoms with Crippen molar-refractivity contribution >= 4 is 17.5 Å². The van der Waals surface area contributed by atoms with Crippen LogP contribution in [-0.2, 0) is 14.4 Å². The van der Waals surface area contributed by atoms with E-state index in [4.69, 9.17) is 0 Å². The lowest BCUT2D eigenvalue weighted by molar-refractivity contribution is -0.131. The van der Waals surface area contributed by atoms with E-state index in [0.717, 1.165) is 70.0 Å². The molecule has 5 nitrogen and oxygen atoms in total. The molecule has 3 fully saturated rings. The fraction of sp³-hybridized carbons (Fsp3) is 0.784. The first-order valence-electron chi connectivity index (χ1n) is 16.8. The molecule has 0 aromatic rings. The molecule has 1 aliphatic heterocycles. The summed E-state index contributed by atoms with van der Waals surface area (Å²) in [7, 11) is 0. The number of carbonyl (C=O) groups is 3. The van der Waals surface area contributed by atoms with Gasteiger partial charge in [0.05, 0.1) is 5.57 Å².